The van der Waals surface area contributed by atoms with Gasteiger partial charge in [-0.2, -0.15) is 0 Å². The Morgan fingerprint density at radius 1 is 1.28 bits per heavy atom. The number of hydrogen-bond acceptors (Lipinski definition) is 7. The number of rotatable bonds is 11. The molecule has 1 unspecified atom stereocenters. The molecule has 160 valence electrons. The third-order valence-electron chi connectivity index (χ3n) is 5.08. The maximum Gasteiger partial charge on any atom is 0.283 e. The largest absolute Gasteiger partial charge is 0.493 e. The summed E-state index contributed by atoms with van der Waals surface area (Å²) in [6.45, 7) is 5.27. The van der Waals surface area contributed by atoms with Crippen molar-refractivity contribution in [3.05, 3.63) is 33.9 Å². The molecular weight excluding hydrogens is 376 g/mol. The van der Waals surface area contributed by atoms with E-state index in [9.17, 15) is 19.7 Å². The van der Waals surface area contributed by atoms with Gasteiger partial charge in [-0.15, -0.1) is 0 Å². The highest BCUT2D eigenvalue weighted by Crippen LogP contribution is 2.25. The van der Waals surface area contributed by atoms with Crippen molar-refractivity contribution < 1.29 is 19.2 Å². The number of hydrogen-bond donors (Lipinski definition) is 2. The molecule has 0 aliphatic carbocycles. The standard InChI is InChI=1S/C20H30N4O5/c1-15(25)17-8-7-16(14-19(17)24(27)28)29-13-5-3-4-6-18(20(26)21-2)23-11-9-22-10-12-23/h7-8,14,18,22H,3-6,9-13H2,1-2H3,(H,21,26). The van der Waals surface area contributed by atoms with Crippen LogP contribution < -0.4 is 15.4 Å². The first-order valence-corrected chi connectivity index (χ1v) is 10.0. The van der Waals surface area contributed by atoms with Crippen LogP contribution in [0, 0.1) is 10.1 Å². The highest BCUT2D eigenvalue weighted by atomic mass is 16.6. The Bertz CT molecular complexity index is 719. The van der Waals surface area contributed by atoms with Gasteiger partial charge >= 0.3 is 0 Å². The van der Waals surface area contributed by atoms with Gasteiger partial charge in [0.15, 0.2) is 5.78 Å². The molecule has 1 fully saturated rings. The summed E-state index contributed by atoms with van der Waals surface area (Å²) in [5, 5.41) is 17.2. The van der Waals surface area contributed by atoms with E-state index in [1.54, 1.807) is 13.1 Å². The number of likely N-dealkylation sites (N-methyl/N-ethyl adjacent to an activating group) is 1. The van der Waals surface area contributed by atoms with Gasteiger partial charge in [0.2, 0.25) is 5.91 Å². The number of nitrogens with zero attached hydrogens (tertiary/aromatic N) is 2. The topological polar surface area (TPSA) is 114 Å². The summed E-state index contributed by atoms with van der Waals surface area (Å²) in [5.41, 5.74) is -0.157. The Labute approximate surface area is 170 Å². The molecule has 1 atom stereocenters. The van der Waals surface area contributed by atoms with Crippen molar-refractivity contribution in [1.82, 2.24) is 15.5 Å². The first-order chi connectivity index (χ1) is 13.9. The number of carbonyl (C=O) groups is 2. The quantitative estimate of drug-likeness (QED) is 0.249. The Morgan fingerprint density at radius 3 is 2.62 bits per heavy atom. The molecular formula is C20H30N4O5. The van der Waals surface area contributed by atoms with Crippen LogP contribution >= 0.6 is 0 Å². The molecule has 1 aromatic rings. The van der Waals surface area contributed by atoms with Crippen LogP contribution in [0.1, 0.15) is 43.0 Å². The van der Waals surface area contributed by atoms with Crippen molar-refractivity contribution in [3.63, 3.8) is 0 Å². The fourth-order valence-electron chi connectivity index (χ4n) is 3.50. The van der Waals surface area contributed by atoms with E-state index >= 15 is 0 Å². The minimum absolute atomic E-state index is 0.0565. The van der Waals surface area contributed by atoms with E-state index in [0.717, 1.165) is 51.9 Å². The van der Waals surface area contributed by atoms with Gasteiger partial charge in [-0.25, -0.2) is 0 Å². The molecule has 0 aromatic heterocycles. The second-order valence-corrected chi connectivity index (χ2v) is 7.11. The first kappa shape index (κ1) is 22.8. The summed E-state index contributed by atoms with van der Waals surface area (Å²) in [4.78, 5) is 36.5. The molecule has 1 aromatic carbocycles. The number of unbranched alkanes of at least 4 members (excludes halogenated alkanes) is 2. The molecule has 1 heterocycles. The highest BCUT2D eigenvalue weighted by molar-refractivity contribution is 5.98. The average Bonchev–Trinajstić information content (AvgIpc) is 2.73. The van der Waals surface area contributed by atoms with Crippen LogP contribution in [-0.2, 0) is 4.79 Å². The Balaban J connectivity index is 1.77. The number of carbonyl (C=O) groups excluding carboxylic acids is 2. The molecule has 0 radical (unpaired) electrons. The molecule has 1 amide bonds. The van der Waals surface area contributed by atoms with Crippen molar-refractivity contribution in [3.8, 4) is 5.75 Å². The van der Waals surface area contributed by atoms with E-state index in [1.165, 1.54) is 19.1 Å². The minimum atomic E-state index is -0.571. The van der Waals surface area contributed by atoms with Gasteiger partial charge < -0.3 is 15.4 Å². The van der Waals surface area contributed by atoms with Crippen molar-refractivity contribution >= 4 is 17.4 Å². The summed E-state index contributed by atoms with van der Waals surface area (Å²) in [6.07, 6.45) is 3.37. The molecule has 2 N–H and O–H groups in total. The van der Waals surface area contributed by atoms with Crippen LogP contribution in [0.3, 0.4) is 0 Å². The number of Topliss-reactive ketones (excluding diaryl/α,β-unsaturated/α-hetero) is 1. The van der Waals surface area contributed by atoms with Crippen molar-refractivity contribution in [2.45, 2.75) is 38.6 Å². The predicted molar refractivity (Wildman–Crippen MR) is 109 cm³/mol. The predicted octanol–water partition coefficient (Wildman–Crippen LogP) is 1.76. The Hall–Kier alpha value is -2.52. The van der Waals surface area contributed by atoms with Crippen LogP contribution in [0.25, 0.3) is 0 Å². The summed E-state index contributed by atoms with van der Waals surface area (Å²) in [7, 11) is 1.67. The number of nitro benzene ring substituents is 1. The molecule has 1 aliphatic rings. The zero-order valence-corrected chi connectivity index (χ0v) is 17.1. The highest BCUT2D eigenvalue weighted by Gasteiger charge is 2.25. The molecule has 0 bridgehead atoms. The number of ketones is 1. The van der Waals surface area contributed by atoms with Gasteiger partial charge in [-0.05, 0) is 38.3 Å². The van der Waals surface area contributed by atoms with Crippen LogP contribution in [0.15, 0.2) is 18.2 Å². The van der Waals surface area contributed by atoms with Gasteiger partial charge in [-0.1, -0.05) is 6.42 Å². The van der Waals surface area contributed by atoms with Crippen molar-refractivity contribution in [2.75, 3.05) is 39.8 Å². The molecule has 9 heteroatoms. The molecule has 0 spiro atoms. The Kier molecular flexibility index (Phi) is 9.01. The number of ether oxygens (including phenoxy) is 1. The first-order valence-electron chi connectivity index (χ1n) is 10.0. The lowest BCUT2D eigenvalue weighted by Crippen LogP contribution is -2.53. The van der Waals surface area contributed by atoms with E-state index in [0.29, 0.717) is 12.4 Å². The lowest BCUT2D eigenvalue weighted by atomic mass is 10.1. The van der Waals surface area contributed by atoms with E-state index < -0.39 is 4.92 Å². The molecule has 1 aliphatic heterocycles. The third kappa shape index (κ3) is 6.79. The fourth-order valence-corrected chi connectivity index (χ4v) is 3.50. The number of piperazine rings is 1. The average molecular weight is 406 g/mol. The summed E-state index contributed by atoms with van der Waals surface area (Å²) < 4.78 is 5.61. The molecule has 9 nitrogen and oxygen atoms in total. The maximum atomic E-state index is 12.2. The van der Waals surface area contributed by atoms with E-state index in [-0.39, 0.29) is 29.0 Å². The van der Waals surface area contributed by atoms with Crippen LogP contribution in [0.4, 0.5) is 5.69 Å². The summed E-state index contributed by atoms with van der Waals surface area (Å²) in [5.74, 6) is 0.0881. The van der Waals surface area contributed by atoms with Gasteiger partial charge in [0, 0.05) is 33.2 Å². The fraction of sp³-hybridized carbons (Fsp3) is 0.600. The normalized spacial score (nSPS) is 15.5. The summed E-state index contributed by atoms with van der Waals surface area (Å²) >= 11 is 0. The second kappa shape index (κ2) is 11.5. The van der Waals surface area contributed by atoms with Crippen molar-refractivity contribution in [1.29, 1.82) is 0 Å². The van der Waals surface area contributed by atoms with E-state index in [1.807, 2.05) is 0 Å². The monoisotopic (exact) mass is 406 g/mol. The minimum Gasteiger partial charge on any atom is -0.493 e. The van der Waals surface area contributed by atoms with Gasteiger partial charge in [0.05, 0.1) is 29.2 Å². The lowest BCUT2D eigenvalue weighted by molar-refractivity contribution is -0.385. The number of nitro groups is 1. The zero-order chi connectivity index (χ0) is 21.2. The Morgan fingerprint density at radius 2 is 2.00 bits per heavy atom. The number of nitrogens with one attached hydrogen (secondary N) is 2. The van der Waals surface area contributed by atoms with Crippen molar-refractivity contribution in [2.24, 2.45) is 0 Å². The maximum absolute atomic E-state index is 12.2. The molecule has 1 saturated heterocycles. The molecule has 0 saturated carbocycles. The lowest BCUT2D eigenvalue weighted by Gasteiger charge is -2.33. The number of benzene rings is 1. The second-order valence-electron chi connectivity index (χ2n) is 7.11. The smallest absolute Gasteiger partial charge is 0.283 e. The van der Waals surface area contributed by atoms with Crippen LogP contribution in [0.5, 0.6) is 5.75 Å². The van der Waals surface area contributed by atoms with E-state index in [2.05, 4.69) is 15.5 Å². The van der Waals surface area contributed by atoms with E-state index in [4.69, 9.17) is 4.74 Å². The number of amides is 1. The third-order valence-corrected chi connectivity index (χ3v) is 5.08. The zero-order valence-electron chi connectivity index (χ0n) is 17.1. The summed E-state index contributed by atoms with van der Waals surface area (Å²) in [6, 6.07) is 4.19. The van der Waals surface area contributed by atoms with Crippen LogP contribution in [0.2, 0.25) is 0 Å². The van der Waals surface area contributed by atoms with Gasteiger partial charge in [-0.3, -0.25) is 24.6 Å². The van der Waals surface area contributed by atoms with Gasteiger partial charge in [0.25, 0.3) is 5.69 Å². The molecule has 29 heavy (non-hydrogen) atoms. The van der Waals surface area contributed by atoms with Gasteiger partial charge in [0.1, 0.15) is 5.75 Å². The molecule has 2 rings (SSSR count). The SMILES string of the molecule is CNC(=O)C(CCCCCOc1ccc(C(C)=O)c([N+](=O)[O-])c1)N1CCNCC1. The van der Waals surface area contributed by atoms with Crippen LogP contribution in [-0.4, -0.2) is 67.4 Å².